The molecule has 0 spiro atoms. The summed E-state index contributed by atoms with van der Waals surface area (Å²) in [7, 11) is 0. The van der Waals surface area contributed by atoms with Gasteiger partial charge in [-0.2, -0.15) is 5.10 Å². The Morgan fingerprint density at radius 2 is 2.33 bits per heavy atom. The Morgan fingerprint density at radius 1 is 1.42 bits per heavy atom. The molecule has 0 radical (unpaired) electrons. The highest BCUT2D eigenvalue weighted by Gasteiger charge is 2.00. The average Bonchev–Trinajstić information content (AvgIpc) is 2.54. The maximum absolute atomic E-state index is 5.70. The van der Waals surface area contributed by atoms with Crippen LogP contribution in [0.2, 0.25) is 5.15 Å². The Kier molecular flexibility index (Phi) is 2.00. The quantitative estimate of drug-likeness (QED) is 0.650. The van der Waals surface area contributed by atoms with Crippen LogP contribution in [0.4, 0.5) is 0 Å². The molecule has 1 heterocycles. The first-order valence-electron chi connectivity index (χ1n) is 3.94. The fourth-order valence-corrected chi connectivity index (χ4v) is 1.35. The summed E-state index contributed by atoms with van der Waals surface area (Å²) in [6.07, 6.45) is 10.4. The molecule has 0 saturated heterocycles. The van der Waals surface area contributed by atoms with Crippen molar-refractivity contribution in [1.82, 2.24) is 9.78 Å². The lowest BCUT2D eigenvalue weighted by atomic mass is 10.1. The van der Waals surface area contributed by atoms with Gasteiger partial charge < -0.3 is 0 Å². The molecule has 3 heteroatoms. The Labute approximate surface area is 76.1 Å². The second-order valence-electron chi connectivity index (χ2n) is 2.69. The lowest BCUT2D eigenvalue weighted by Crippen LogP contribution is -1.96. The molecule has 12 heavy (non-hydrogen) atoms. The summed E-state index contributed by atoms with van der Waals surface area (Å²) >= 11 is 5.70. The molecule has 0 bridgehead atoms. The van der Waals surface area contributed by atoms with Gasteiger partial charge in [-0.3, -0.25) is 0 Å². The molecule has 1 aliphatic rings. The van der Waals surface area contributed by atoms with E-state index in [0.29, 0.717) is 5.15 Å². The zero-order chi connectivity index (χ0) is 8.39. The fraction of sp³-hybridized carbons (Fsp3) is 0.222. The molecule has 0 aromatic carbocycles. The van der Waals surface area contributed by atoms with Crippen molar-refractivity contribution in [3.05, 3.63) is 35.6 Å². The number of halogens is 1. The van der Waals surface area contributed by atoms with Gasteiger partial charge >= 0.3 is 0 Å². The molecular formula is C9H9ClN2. The largest absolute Gasteiger partial charge is 0.240 e. The summed E-state index contributed by atoms with van der Waals surface area (Å²) in [6, 6.07) is 1.78. The van der Waals surface area contributed by atoms with Crippen LogP contribution in [0.3, 0.4) is 0 Å². The van der Waals surface area contributed by atoms with E-state index < -0.39 is 0 Å². The maximum Gasteiger partial charge on any atom is 0.151 e. The minimum Gasteiger partial charge on any atom is -0.240 e. The monoisotopic (exact) mass is 180 g/mol. The predicted octanol–water partition coefficient (Wildman–Crippen LogP) is 2.73. The highest BCUT2D eigenvalue weighted by Crippen LogP contribution is 2.15. The number of hydrogen-bond acceptors (Lipinski definition) is 1. The minimum atomic E-state index is 0.537. The van der Waals surface area contributed by atoms with Gasteiger partial charge in [0.2, 0.25) is 0 Å². The highest BCUT2D eigenvalue weighted by atomic mass is 35.5. The Bertz CT molecular complexity index is 336. The van der Waals surface area contributed by atoms with Gasteiger partial charge in [0.1, 0.15) is 0 Å². The van der Waals surface area contributed by atoms with Gasteiger partial charge in [-0.1, -0.05) is 23.8 Å². The van der Waals surface area contributed by atoms with Crippen LogP contribution in [0.5, 0.6) is 0 Å². The molecular weight excluding hydrogens is 172 g/mol. The standard InChI is InChI=1S/C9H9ClN2/c10-9-6-7-12(11-9)8-4-2-1-3-5-8/h2,4-7H,1,3H2. The van der Waals surface area contributed by atoms with E-state index in [1.165, 1.54) is 0 Å². The van der Waals surface area contributed by atoms with Gasteiger partial charge in [-0.05, 0) is 25.0 Å². The van der Waals surface area contributed by atoms with Crippen LogP contribution in [0, 0.1) is 0 Å². The van der Waals surface area contributed by atoms with Gasteiger partial charge in [-0.15, -0.1) is 0 Å². The van der Waals surface area contributed by atoms with E-state index in [4.69, 9.17) is 11.6 Å². The van der Waals surface area contributed by atoms with Crippen LogP contribution in [0.15, 0.2) is 30.5 Å². The Hall–Kier alpha value is -1.02. The number of aromatic nitrogens is 2. The second-order valence-corrected chi connectivity index (χ2v) is 3.08. The molecule has 0 saturated carbocycles. The van der Waals surface area contributed by atoms with Gasteiger partial charge in [0, 0.05) is 6.20 Å². The smallest absolute Gasteiger partial charge is 0.151 e. The topological polar surface area (TPSA) is 17.8 Å². The third kappa shape index (κ3) is 1.43. The molecule has 62 valence electrons. The Morgan fingerprint density at radius 3 is 2.92 bits per heavy atom. The fourth-order valence-electron chi connectivity index (χ4n) is 1.21. The Balaban J connectivity index is 2.30. The van der Waals surface area contributed by atoms with Gasteiger partial charge in [0.15, 0.2) is 5.15 Å². The molecule has 2 rings (SSSR count). The van der Waals surface area contributed by atoms with Crippen molar-refractivity contribution < 1.29 is 0 Å². The summed E-state index contributed by atoms with van der Waals surface area (Å²) in [5.41, 5.74) is 1.10. The number of hydrogen-bond donors (Lipinski definition) is 0. The van der Waals surface area contributed by atoms with E-state index in [1.54, 1.807) is 10.7 Å². The van der Waals surface area contributed by atoms with Crippen LogP contribution in [0.1, 0.15) is 12.8 Å². The SMILES string of the molecule is Clc1ccn(C2=CCCC=C2)n1. The van der Waals surface area contributed by atoms with Crippen molar-refractivity contribution in [2.45, 2.75) is 12.8 Å². The first kappa shape index (κ1) is 7.62. The van der Waals surface area contributed by atoms with Crippen LogP contribution in [-0.4, -0.2) is 9.78 Å². The molecule has 1 aliphatic carbocycles. The molecule has 1 aromatic heterocycles. The van der Waals surface area contributed by atoms with E-state index >= 15 is 0 Å². The first-order valence-corrected chi connectivity index (χ1v) is 4.32. The van der Waals surface area contributed by atoms with Gasteiger partial charge in [-0.25, -0.2) is 4.68 Å². The van der Waals surface area contributed by atoms with Crippen molar-refractivity contribution in [3.8, 4) is 0 Å². The summed E-state index contributed by atoms with van der Waals surface area (Å²) < 4.78 is 1.79. The molecule has 0 N–H and O–H groups in total. The van der Waals surface area contributed by atoms with Crippen LogP contribution >= 0.6 is 11.6 Å². The van der Waals surface area contributed by atoms with Crippen LogP contribution in [-0.2, 0) is 0 Å². The van der Waals surface area contributed by atoms with Crippen molar-refractivity contribution in [3.63, 3.8) is 0 Å². The van der Waals surface area contributed by atoms with E-state index in [-0.39, 0.29) is 0 Å². The zero-order valence-corrected chi connectivity index (χ0v) is 7.33. The maximum atomic E-state index is 5.70. The summed E-state index contributed by atoms with van der Waals surface area (Å²) in [5.74, 6) is 0. The van der Waals surface area contributed by atoms with Gasteiger partial charge in [0.25, 0.3) is 0 Å². The van der Waals surface area contributed by atoms with Crippen LogP contribution < -0.4 is 0 Å². The van der Waals surface area contributed by atoms with Crippen molar-refractivity contribution in [2.75, 3.05) is 0 Å². The number of rotatable bonds is 1. The molecule has 0 amide bonds. The molecule has 1 aromatic rings. The van der Waals surface area contributed by atoms with Gasteiger partial charge in [0.05, 0.1) is 5.70 Å². The average molecular weight is 181 g/mol. The third-order valence-electron chi connectivity index (χ3n) is 1.80. The second kappa shape index (κ2) is 3.15. The van der Waals surface area contributed by atoms with E-state index in [2.05, 4.69) is 23.3 Å². The van der Waals surface area contributed by atoms with E-state index in [0.717, 1.165) is 18.5 Å². The lowest BCUT2D eigenvalue weighted by molar-refractivity contribution is 0.889. The summed E-state index contributed by atoms with van der Waals surface area (Å²) in [5, 5.41) is 4.63. The van der Waals surface area contributed by atoms with Crippen molar-refractivity contribution >= 4 is 17.3 Å². The highest BCUT2D eigenvalue weighted by molar-refractivity contribution is 6.29. The molecule has 0 atom stereocenters. The summed E-state index contributed by atoms with van der Waals surface area (Å²) in [4.78, 5) is 0. The minimum absolute atomic E-state index is 0.537. The lowest BCUT2D eigenvalue weighted by Gasteiger charge is -2.05. The number of nitrogens with zero attached hydrogens (tertiary/aromatic N) is 2. The summed E-state index contributed by atoms with van der Waals surface area (Å²) in [6.45, 7) is 0. The molecule has 0 unspecified atom stereocenters. The zero-order valence-electron chi connectivity index (χ0n) is 6.57. The van der Waals surface area contributed by atoms with Crippen molar-refractivity contribution in [2.24, 2.45) is 0 Å². The predicted molar refractivity (Wildman–Crippen MR) is 49.9 cm³/mol. The third-order valence-corrected chi connectivity index (χ3v) is 2.00. The van der Waals surface area contributed by atoms with E-state index in [1.807, 2.05) is 6.20 Å². The van der Waals surface area contributed by atoms with Crippen molar-refractivity contribution in [1.29, 1.82) is 0 Å². The van der Waals surface area contributed by atoms with E-state index in [9.17, 15) is 0 Å². The first-order chi connectivity index (χ1) is 5.86. The normalized spacial score (nSPS) is 16.2. The number of allylic oxidation sites excluding steroid dienone is 4. The molecule has 2 nitrogen and oxygen atoms in total. The molecule has 0 fully saturated rings. The molecule has 0 aliphatic heterocycles. The van der Waals surface area contributed by atoms with Crippen LogP contribution in [0.25, 0.3) is 5.70 Å².